The third kappa shape index (κ3) is 3.95. The van der Waals surface area contributed by atoms with Crippen LogP contribution >= 0.6 is 15.9 Å². The van der Waals surface area contributed by atoms with Crippen LogP contribution in [0.15, 0.2) is 21.0 Å². The van der Waals surface area contributed by atoms with E-state index >= 15 is 0 Å². The van der Waals surface area contributed by atoms with Crippen molar-refractivity contribution in [1.29, 1.82) is 0 Å². The van der Waals surface area contributed by atoms with E-state index in [2.05, 4.69) is 26.1 Å². The number of aromatic nitrogens is 2. The van der Waals surface area contributed by atoms with E-state index in [1.54, 1.807) is 12.1 Å². The molecule has 2 rings (SSSR count). The van der Waals surface area contributed by atoms with Crippen LogP contribution in [0.2, 0.25) is 0 Å². The van der Waals surface area contributed by atoms with Gasteiger partial charge in [0.2, 0.25) is 5.89 Å². The first-order valence-electron chi connectivity index (χ1n) is 6.68. The van der Waals surface area contributed by atoms with Crippen molar-refractivity contribution in [1.82, 2.24) is 10.2 Å². The topological polar surface area (TPSA) is 77.6 Å². The van der Waals surface area contributed by atoms with Crippen molar-refractivity contribution in [2.24, 2.45) is 0 Å². The van der Waals surface area contributed by atoms with Crippen molar-refractivity contribution in [2.45, 2.75) is 33.5 Å². The molecule has 0 aliphatic rings. The fourth-order valence-electron chi connectivity index (χ4n) is 1.74. The Hall–Kier alpha value is -1.60. The molecule has 0 spiro atoms. The summed E-state index contributed by atoms with van der Waals surface area (Å²) in [6, 6.07) is 3.53. The largest absolute Gasteiger partial charge is 0.490 e. The van der Waals surface area contributed by atoms with E-state index in [9.17, 15) is 5.11 Å². The highest BCUT2D eigenvalue weighted by Crippen LogP contribution is 2.37. The Morgan fingerprint density at radius 2 is 1.95 bits per heavy atom. The van der Waals surface area contributed by atoms with Gasteiger partial charge in [-0.3, -0.25) is 0 Å². The second-order valence-electron chi connectivity index (χ2n) is 4.23. The van der Waals surface area contributed by atoms with Crippen LogP contribution in [0.25, 0.3) is 0 Å². The molecule has 21 heavy (non-hydrogen) atoms. The second kappa shape index (κ2) is 7.42. The summed E-state index contributed by atoms with van der Waals surface area (Å²) in [7, 11) is 0. The Morgan fingerprint density at radius 3 is 2.57 bits per heavy atom. The highest BCUT2D eigenvalue weighted by atomic mass is 79.9. The predicted molar refractivity (Wildman–Crippen MR) is 79.2 cm³/mol. The molecule has 1 aromatic heterocycles. The van der Waals surface area contributed by atoms with Crippen LogP contribution in [0.5, 0.6) is 11.5 Å². The molecule has 0 saturated heterocycles. The first-order valence-corrected chi connectivity index (χ1v) is 7.47. The molecule has 0 atom stereocenters. The third-order valence-corrected chi connectivity index (χ3v) is 3.29. The Kier molecular flexibility index (Phi) is 5.58. The van der Waals surface area contributed by atoms with Crippen molar-refractivity contribution in [2.75, 3.05) is 6.61 Å². The van der Waals surface area contributed by atoms with Crippen LogP contribution in [0.4, 0.5) is 0 Å². The molecule has 114 valence electrons. The number of aliphatic hydroxyl groups is 1. The van der Waals surface area contributed by atoms with Gasteiger partial charge in [0.05, 0.1) is 17.7 Å². The zero-order chi connectivity index (χ0) is 15.2. The molecular weight excluding hydrogens is 340 g/mol. The van der Waals surface area contributed by atoms with E-state index in [0.717, 1.165) is 5.56 Å². The van der Waals surface area contributed by atoms with Gasteiger partial charge >= 0.3 is 0 Å². The summed E-state index contributed by atoms with van der Waals surface area (Å²) in [4.78, 5) is 0. The van der Waals surface area contributed by atoms with Gasteiger partial charge in [-0.05, 0) is 40.5 Å². The summed E-state index contributed by atoms with van der Waals surface area (Å²) >= 11 is 3.42. The van der Waals surface area contributed by atoms with Gasteiger partial charge in [-0.2, -0.15) is 0 Å². The minimum atomic E-state index is -0.0670. The van der Waals surface area contributed by atoms with Crippen LogP contribution in [0.1, 0.15) is 31.2 Å². The molecule has 0 aliphatic carbocycles. The monoisotopic (exact) mass is 356 g/mol. The summed E-state index contributed by atoms with van der Waals surface area (Å²) in [6.45, 7) is 4.41. The molecule has 1 aromatic carbocycles. The summed E-state index contributed by atoms with van der Waals surface area (Å²) in [5, 5.41) is 17.0. The van der Waals surface area contributed by atoms with E-state index in [1.165, 1.54) is 0 Å². The molecule has 7 heteroatoms. The molecule has 0 bridgehead atoms. The molecule has 0 unspecified atom stereocenters. The maximum Gasteiger partial charge on any atom is 0.253 e. The molecule has 6 nitrogen and oxygen atoms in total. The number of aliphatic hydroxyl groups excluding tert-OH is 1. The molecule has 1 N–H and O–H groups in total. The molecule has 0 saturated carbocycles. The van der Waals surface area contributed by atoms with E-state index in [0.29, 0.717) is 40.8 Å². The zero-order valence-corrected chi connectivity index (χ0v) is 13.5. The third-order valence-electron chi connectivity index (χ3n) is 2.70. The number of aryl methyl sites for hydroxylation is 1. The lowest BCUT2D eigenvalue weighted by molar-refractivity contribution is 0.236. The van der Waals surface area contributed by atoms with Crippen LogP contribution in [0, 0.1) is 0 Å². The maximum atomic E-state index is 9.23. The number of nitrogens with zero attached hydrogens (tertiary/aromatic N) is 2. The van der Waals surface area contributed by atoms with E-state index in [4.69, 9.17) is 13.9 Å². The average Bonchev–Trinajstić information content (AvgIpc) is 2.94. The highest BCUT2D eigenvalue weighted by Gasteiger charge is 2.14. The van der Waals surface area contributed by atoms with E-state index in [-0.39, 0.29) is 13.2 Å². The van der Waals surface area contributed by atoms with Crippen LogP contribution in [-0.2, 0) is 19.6 Å². The second-order valence-corrected chi connectivity index (χ2v) is 5.08. The average molecular weight is 357 g/mol. The van der Waals surface area contributed by atoms with Gasteiger partial charge in [0, 0.05) is 6.42 Å². The number of hydrogen-bond donors (Lipinski definition) is 1. The lowest BCUT2D eigenvalue weighted by atomic mass is 10.2. The van der Waals surface area contributed by atoms with Gasteiger partial charge < -0.3 is 19.0 Å². The Bertz CT molecular complexity index is 601. The number of ether oxygens (including phenoxy) is 2. The van der Waals surface area contributed by atoms with Crippen molar-refractivity contribution in [3.63, 3.8) is 0 Å². The van der Waals surface area contributed by atoms with Crippen molar-refractivity contribution in [3.05, 3.63) is 34.0 Å². The van der Waals surface area contributed by atoms with Crippen LogP contribution < -0.4 is 9.47 Å². The van der Waals surface area contributed by atoms with Crippen molar-refractivity contribution >= 4 is 15.9 Å². The number of hydrogen-bond acceptors (Lipinski definition) is 6. The number of rotatable bonds is 7. The minimum absolute atomic E-state index is 0.0670. The van der Waals surface area contributed by atoms with Crippen LogP contribution in [0.3, 0.4) is 0 Å². The smallest absolute Gasteiger partial charge is 0.253 e. The summed E-state index contributed by atoms with van der Waals surface area (Å²) < 4.78 is 17.4. The lowest BCUT2D eigenvalue weighted by Gasteiger charge is -2.14. The summed E-state index contributed by atoms with van der Waals surface area (Å²) in [5.41, 5.74) is 0.740. The fourth-order valence-corrected chi connectivity index (χ4v) is 2.34. The molecule has 0 radical (unpaired) electrons. The van der Waals surface area contributed by atoms with E-state index < -0.39 is 0 Å². The standard InChI is InChI=1S/C14H17BrN2O4/c1-3-12-16-17-13(21-12)8-20-14-10(15)5-9(7-18)6-11(14)19-4-2/h5-6,18H,3-4,7-8H2,1-2H3. The highest BCUT2D eigenvalue weighted by molar-refractivity contribution is 9.10. The molecule has 1 heterocycles. The van der Waals surface area contributed by atoms with Gasteiger partial charge in [-0.25, -0.2) is 0 Å². The quantitative estimate of drug-likeness (QED) is 0.821. The lowest BCUT2D eigenvalue weighted by Crippen LogP contribution is -2.02. The Labute approximate surface area is 131 Å². The Balaban J connectivity index is 2.17. The van der Waals surface area contributed by atoms with Gasteiger partial charge in [0.15, 0.2) is 18.1 Å². The number of benzene rings is 1. The zero-order valence-electron chi connectivity index (χ0n) is 11.9. The van der Waals surface area contributed by atoms with Crippen molar-refractivity contribution in [3.8, 4) is 11.5 Å². The van der Waals surface area contributed by atoms with Crippen molar-refractivity contribution < 1.29 is 19.0 Å². The predicted octanol–water partition coefficient (Wildman–Crippen LogP) is 2.86. The molecule has 0 aliphatic heterocycles. The first kappa shape index (κ1) is 15.8. The molecule has 0 amide bonds. The normalized spacial score (nSPS) is 10.7. The Morgan fingerprint density at radius 1 is 1.19 bits per heavy atom. The van der Waals surface area contributed by atoms with Gasteiger partial charge in [-0.1, -0.05) is 6.92 Å². The van der Waals surface area contributed by atoms with E-state index in [1.807, 2.05) is 13.8 Å². The molecule has 0 fully saturated rings. The van der Waals surface area contributed by atoms with Gasteiger partial charge in [0.25, 0.3) is 5.89 Å². The summed E-state index contributed by atoms with van der Waals surface area (Å²) in [6.07, 6.45) is 0.687. The molecular formula is C14H17BrN2O4. The van der Waals surface area contributed by atoms with Crippen LogP contribution in [-0.4, -0.2) is 21.9 Å². The molecule has 2 aromatic rings. The number of halogens is 1. The van der Waals surface area contributed by atoms with Gasteiger partial charge in [-0.15, -0.1) is 10.2 Å². The SMILES string of the molecule is CCOc1cc(CO)cc(Br)c1OCc1nnc(CC)o1. The minimum Gasteiger partial charge on any atom is -0.490 e. The maximum absolute atomic E-state index is 9.23. The summed E-state index contributed by atoms with van der Waals surface area (Å²) in [5.74, 6) is 2.09. The first-order chi connectivity index (χ1) is 10.2. The van der Waals surface area contributed by atoms with Gasteiger partial charge in [0.1, 0.15) is 0 Å². The fraction of sp³-hybridized carbons (Fsp3) is 0.429.